The molecule has 0 amide bonds. The van der Waals surface area contributed by atoms with Gasteiger partial charge in [0, 0.05) is 0 Å². The molecule has 0 bridgehead atoms. The summed E-state index contributed by atoms with van der Waals surface area (Å²) in [4.78, 5) is 20.0. The minimum absolute atomic E-state index is 0.191. The van der Waals surface area contributed by atoms with Crippen LogP contribution in [0.4, 0.5) is 5.69 Å². The van der Waals surface area contributed by atoms with E-state index in [0.717, 1.165) is 10.9 Å². The highest BCUT2D eigenvalue weighted by Gasteiger charge is 2.22. The zero-order valence-corrected chi connectivity index (χ0v) is 10.9. The van der Waals surface area contributed by atoms with Crippen LogP contribution in [0.15, 0.2) is 35.5 Å². The third kappa shape index (κ3) is 3.33. The van der Waals surface area contributed by atoms with Gasteiger partial charge in [0.1, 0.15) is 7.11 Å². The predicted octanol–water partition coefficient (Wildman–Crippen LogP) is 1.40. The summed E-state index contributed by atoms with van der Waals surface area (Å²) in [6.45, 7) is 0. The Balaban J connectivity index is 3.06. The average molecular weight is 255 g/mol. The quantitative estimate of drug-likeness (QED) is 0.450. The van der Waals surface area contributed by atoms with Crippen LogP contribution in [0.5, 0.6) is 0 Å². The van der Waals surface area contributed by atoms with E-state index in [1.165, 1.54) is 33.5 Å². The van der Waals surface area contributed by atoms with E-state index < -0.39 is 0 Å². The second-order valence-corrected chi connectivity index (χ2v) is 3.01. The molecule has 0 atom stereocenters. The largest absolute Gasteiger partial charge is 0.396 e. The molecule has 0 radical (unpaired) electrons. The second-order valence-electron chi connectivity index (χ2n) is 3.01. The fourth-order valence-electron chi connectivity index (χ4n) is 1.33. The molecule has 0 aliphatic heterocycles. The lowest BCUT2D eigenvalue weighted by Gasteiger charge is -2.27. The van der Waals surface area contributed by atoms with Crippen molar-refractivity contribution in [2.24, 2.45) is 5.16 Å². The van der Waals surface area contributed by atoms with Crippen LogP contribution in [0.2, 0.25) is 0 Å². The van der Waals surface area contributed by atoms with Crippen LogP contribution in [-0.2, 0) is 19.4 Å². The molecule has 0 saturated carbocycles. The van der Waals surface area contributed by atoms with Crippen LogP contribution in [0, 0.1) is 0 Å². The van der Waals surface area contributed by atoms with Crippen molar-refractivity contribution in [1.29, 1.82) is 0 Å². The standard InChI is InChI=1S/C11H17N3O4/c1-15-12-11(14(17-3)18-4)13(16-2)10-8-6-5-7-9-10/h5-9H,1-4H3. The maximum absolute atomic E-state index is 5.26. The first-order valence-electron chi connectivity index (χ1n) is 5.17. The van der Waals surface area contributed by atoms with Gasteiger partial charge in [-0.05, 0) is 17.3 Å². The summed E-state index contributed by atoms with van der Waals surface area (Å²) in [7, 11) is 5.80. The van der Waals surface area contributed by atoms with Crippen molar-refractivity contribution in [3.05, 3.63) is 30.3 Å². The molecule has 1 rings (SSSR count). The average Bonchev–Trinajstić information content (AvgIpc) is 2.42. The summed E-state index contributed by atoms with van der Waals surface area (Å²) in [6.07, 6.45) is 0. The van der Waals surface area contributed by atoms with Crippen molar-refractivity contribution in [2.45, 2.75) is 0 Å². The number of hydrogen-bond acceptors (Lipinski definition) is 5. The molecule has 1 aromatic rings. The molecule has 1 aromatic carbocycles. The zero-order chi connectivity index (χ0) is 13.4. The van der Waals surface area contributed by atoms with Gasteiger partial charge >= 0.3 is 5.96 Å². The summed E-state index contributed by atoms with van der Waals surface area (Å²) in [5.74, 6) is 0.191. The number of anilines is 1. The van der Waals surface area contributed by atoms with Gasteiger partial charge in [-0.2, -0.15) is 5.06 Å². The molecule has 100 valence electrons. The van der Waals surface area contributed by atoms with E-state index in [-0.39, 0.29) is 5.96 Å². The number of nitrogens with zero attached hydrogens (tertiary/aromatic N) is 3. The van der Waals surface area contributed by atoms with E-state index >= 15 is 0 Å². The molecule has 7 heteroatoms. The summed E-state index contributed by atoms with van der Waals surface area (Å²) in [5, 5.41) is 6.26. The Morgan fingerprint density at radius 3 is 2.00 bits per heavy atom. The van der Waals surface area contributed by atoms with Crippen LogP contribution in [-0.4, -0.2) is 39.6 Å². The van der Waals surface area contributed by atoms with Crippen molar-refractivity contribution in [3.63, 3.8) is 0 Å². The maximum Gasteiger partial charge on any atom is 0.318 e. The van der Waals surface area contributed by atoms with Crippen molar-refractivity contribution in [1.82, 2.24) is 5.23 Å². The van der Waals surface area contributed by atoms with Gasteiger partial charge in [0.25, 0.3) is 0 Å². The van der Waals surface area contributed by atoms with Gasteiger partial charge in [-0.1, -0.05) is 23.4 Å². The van der Waals surface area contributed by atoms with Crippen molar-refractivity contribution in [2.75, 3.05) is 33.5 Å². The normalized spacial score (nSPS) is 11.2. The van der Waals surface area contributed by atoms with Crippen LogP contribution in [0.3, 0.4) is 0 Å². The van der Waals surface area contributed by atoms with E-state index in [2.05, 4.69) is 5.16 Å². The Kier molecular flexibility index (Phi) is 5.92. The summed E-state index contributed by atoms with van der Waals surface area (Å²) < 4.78 is 0. The highest BCUT2D eigenvalue weighted by molar-refractivity contribution is 5.92. The summed E-state index contributed by atoms with van der Waals surface area (Å²) in [6, 6.07) is 9.33. The number of benzene rings is 1. The maximum atomic E-state index is 5.26. The van der Waals surface area contributed by atoms with Crippen LogP contribution < -0.4 is 5.06 Å². The molecule has 0 aliphatic carbocycles. The van der Waals surface area contributed by atoms with Gasteiger partial charge in [0.05, 0.1) is 27.0 Å². The smallest absolute Gasteiger partial charge is 0.318 e. The van der Waals surface area contributed by atoms with Gasteiger partial charge in [0.15, 0.2) is 0 Å². The second kappa shape index (κ2) is 7.49. The van der Waals surface area contributed by atoms with E-state index in [4.69, 9.17) is 19.4 Å². The Bertz CT molecular complexity index is 368. The minimum Gasteiger partial charge on any atom is -0.396 e. The lowest BCUT2D eigenvalue weighted by molar-refractivity contribution is -0.291. The molecule has 18 heavy (non-hydrogen) atoms. The molecule has 0 N–H and O–H groups in total. The predicted molar refractivity (Wildman–Crippen MR) is 66.2 cm³/mol. The molecule has 0 saturated heterocycles. The molecule has 0 aromatic heterocycles. The van der Waals surface area contributed by atoms with Crippen molar-refractivity contribution in [3.8, 4) is 0 Å². The molecule has 7 nitrogen and oxygen atoms in total. The van der Waals surface area contributed by atoms with Crippen LogP contribution >= 0.6 is 0 Å². The molecular weight excluding hydrogens is 238 g/mol. The molecule has 0 heterocycles. The zero-order valence-electron chi connectivity index (χ0n) is 10.9. The van der Waals surface area contributed by atoms with Gasteiger partial charge < -0.3 is 4.84 Å². The van der Waals surface area contributed by atoms with E-state index in [1.54, 1.807) is 0 Å². The minimum atomic E-state index is 0.191. The van der Waals surface area contributed by atoms with Gasteiger partial charge in [-0.3, -0.25) is 4.84 Å². The molecule has 0 spiro atoms. The third-order valence-electron chi connectivity index (χ3n) is 2.02. The number of hydrogen-bond donors (Lipinski definition) is 0. The van der Waals surface area contributed by atoms with Crippen LogP contribution in [0.1, 0.15) is 0 Å². The lowest BCUT2D eigenvalue weighted by Crippen LogP contribution is -2.43. The van der Waals surface area contributed by atoms with E-state index in [0.29, 0.717) is 0 Å². The lowest BCUT2D eigenvalue weighted by atomic mass is 10.3. The first kappa shape index (κ1) is 14.2. The third-order valence-corrected chi connectivity index (χ3v) is 2.02. The molecular formula is C11H17N3O4. The Hall–Kier alpha value is -1.83. The SMILES string of the molecule is CON=C(N(OC)OC)N(OC)c1ccccc1. The van der Waals surface area contributed by atoms with Gasteiger partial charge in [-0.15, -0.1) is 0 Å². The fourth-order valence-corrected chi connectivity index (χ4v) is 1.33. The summed E-state index contributed by atoms with van der Waals surface area (Å²) in [5.41, 5.74) is 0.745. The Labute approximate surface area is 106 Å². The number of hydroxylamine groups is 3. The monoisotopic (exact) mass is 255 g/mol. The molecule has 0 unspecified atom stereocenters. The fraction of sp³-hybridized carbons (Fsp3) is 0.364. The van der Waals surface area contributed by atoms with Gasteiger partial charge in [-0.25, -0.2) is 9.68 Å². The van der Waals surface area contributed by atoms with Crippen molar-refractivity contribution < 1.29 is 19.4 Å². The highest BCUT2D eigenvalue weighted by atomic mass is 17.0. The molecule has 0 fully saturated rings. The van der Waals surface area contributed by atoms with Crippen molar-refractivity contribution >= 4 is 11.6 Å². The molecule has 0 aliphatic rings. The number of para-hydroxylation sites is 1. The van der Waals surface area contributed by atoms with Crippen LogP contribution in [0.25, 0.3) is 0 Å². The summed E-state index contributed by atoms with van der Waals surface area (Å²) >= 11 is 0. The van der Waals surface area contributed by atoms with Gasteiger partial charge in [0.2, 0.25) is 0 Å². The van der Waals surface area contributed by atoms with E-state index in [1.807, 2.05) is 30.3 Å². The Morgan fingerprint density at radius 2 is 1.56 bits per heavy atom. The Morgan fingerprint density at radius 1 is 0.944 bits per heavy atom. The van der Waals surface area contributed by atoms with E-state index in [9.17, 15) is 0 Å². The topological polar surface area (TPSA) is 55.8 Å². The number of rotatable bonds is 5. The number of oxime groups is 1. The number of guanidine groups is 1. The first-order valence-corrected chi connectivity index (χ1v) is 5.17. The highest BCUT2D eigenvalue weighted by Crippen LogP contribution is 2.15. The first-order chi connectivity index (χ1) is 8.78.